The molecule has 238 valence electrons. The molecule has 0 N–H and O–H groups in total. The predicted octanol–water partition coefficient (Wildman–Crippen LogP) is 5.35. The summed E-state index contributed by atoms with van der Waals surface area (Å²) in [5.74, 6) is 1.88. The molecule has 3 aromatic heterocycles. The lowest BCUT2D eigenvalue weighted by Crippen LogP contribution is -2.42. The Labute approximate surface area is 270 Å². The highest BCUT2D eigenvalue weighted by atomic mass is 16.5. The van der Waals surface area contributed by atoms with Crippen molar-refractivity contribution in [1.82, 2.24) is 19.1 Å². The molecule has 0 bridgehead atoms. The van der Waals surface area contributed by atoms with Crippen molar-refractivity contribution in [2.24, 2.45) is 5.10 Å². The molecule has 0 aliphatic carbocycles. The topological polar surface area (TPSA) is 113 Å². The number of carbonyl (C=O) groups is 1. The fourth-order valence-electron chi connectivity index (χ4n) is 5.89. The summed E-state index contributed by atoms with van der Waals surface area (Å²) >= 11 is 0. The zero-order valence-electron chi connectivity index (χ0n) is 26.3. The normalized spacial score (nSPS) is 13.6. The van der Waals surface area contributed by atoms with Crippen molar-refractivity contribution in [2.45, 2.75) is 13.8 Å². The van der Waals surface area contributed by atoms with Crippen LogP contribution in [0.25, 0.3) is 39.1 Å². The van der Waals surface area contributed by atoms with E-state index in [1.165, 1.54) is 4.68 Å². The number of para-hydroxylation sites is 1. The van der Waals surface area contributed by atoms with Gasteiger partial charge in [0.25, 0.3) is 11.5 Å². The van der Waals surface area contributed by atoms with Gasteiger partial charge in [0, 0.05) is 35.7 Å². The average Bonchev–Trinajstić information content (AvgIpc) is 3.67. The zero-order valence-corrected chi connectivity index (χ0v) is 26.3. The molecule has 1 aliphatic heterocycles. The molecule has 1 saturated heterocycles. The maximum atomic E-state index is 13.8. The summed E-state index contributed by atoms with van der Waals surface area (Å²) in [6.45, 7) is 6.25. The van der Waals surface area contributed by atoms with Gasteiger partial charge in [0.2, 0.25) is 5.82 Å². The van der Waals surface area contributed by atoms with E-state index in [0.717, 1.165) is 28.0 Å². The Kier molecular flexibility index (Phi) is 8.05. The lowest BCUT2D eigenvalue weighted by Gasteiger charge is -2.26. The number of rotatable bonds is 8. The van der Waals surface area contributed by atoms with Crippen LogP contribution in [0.15, 0.2) is 93.2 Å². The van der Waals surface area contributed by atoms with Crippen LogP contribution in [0.2, 0.25) is 0 Å². The van der Waals surface area contributed by atoms with Crippen molar-refractivity contribution < 1.29 is 23.4 Å². The Hall–Kier alpha value is -5.68. The summed E-state index contributed by atoms with van der Waals surface area (Å²) in [4.78, 5) is 32.8. The smallest absolute Gasteiger partial charge is 0.282 e. The summed E-state index contributed by atoms with van der Waals surface area (Å²) in [6, 6.07) is 24.1. The third kappa shape index (κ3) is 5.77. The molecular weight excluding hydrogens is 598 g/mol. The number of morpholine rings is 1. The number of aryl methyl sites for hydroxylation is 1. The first kappa shape index (κ1) is 30.0. The molecule has 0 unspecified atom stereocenters. The second-order valence-corrected chi connectivity index (χ2v) is 11.2. The van der Waals surface area contributed by atoms with Crippen molar-refractivity contribution in [3.63, 3.8) is 0 Å². The fraction of sp³-hybridized carbons (Fsp3) is 0.222. The quantitative estimate of drug-likeness (QED) is 0.208. The summed E-state index contributed by atoms with van der Waals surface area (Å²) < 4.78 is 26.1. The van der Waals surface area contributed by atoms with E-state index < -0.39 is 0 Å². The number of methoxy groups -OCH3 is 1. The van der Waals surface area contributed by atoms with E-state index in [1.807, 2.05) is 74.5 Å². The number of carbonyl (C=O) groups excluding carboxylic acids is 1. The third-order valence-electron chi connectivity index (χ3n) is 8.32. The Morgan fingerprint density at radius 3 is 2.55 bits per heavy atom. The molecule has 6 aromatic rings. The summed E-state index contributed by atoms with van der Waals surface area (Å²) in [6.07, 6.45) is 1.66. The molecule has 0 saturated carbocycles. The Bertz CT molecular complexity index is 2190. The van der Waals surface area contributed by atoms with E-state index >= 15 is 0 Å². The average molecular weight is 632 g/mol. The highest BCUT2D eigenvalue weighted by molar-refractivity contribution is 5.89. The van der Waals surface area contributed by atoms with Gasteiger partial charge in [0.05, 0.1) is 42.8 Å². The first-order chi connectivity index (χ1) is 22.9. The molecule has 11 heteroatoms. The van der Waals surface area contributed by atoms with Gasteiger partial charge in [-0.15, -0.1) is 0 Å². The van der Waals surface area contributed by atoms with Crippen molar-refractivity contribution in [3.8, 4) is 28.8 Å². The van der Waals surface area contributed by atoms with Crippen molar-refractivity contribution in [1.29, 1.82) is 0 Å². The van der Waals surface area contributed by atoms with E-state index in [9.17, 15) is 9.59 Å². The minimum absolute atomic E-state index is 0.0197. The summed E-state index contributed by atoms with van der Waals surface area (Å²) in [5.41, 5.74) is 4.51. The van der Waals surface area contributed by atoms with Gasteiger partial charge >= 0.3 is 0 Å². The molecule has 1 aliphatic rings. The van der Waals surface area contributed by atoms with Crippen LogP contribution in [0.3, 0.4) is 0 Å². The van der Waals surface area contributed by atoms with Crippen LogP contribution in [0, 0.1) is 13.8 Å². The number of ether oxygens (including phenoxy) is 3. The van der Waals surface area contributed by atoms with E-state index in [0.29, 0.717) is 60.0 Å². The van der Waals surface area contributed by atoms with Crippen LogP contribution in [0.5, 0.6) is 11.5 Å². The third-order valence-corrected chi connectivity index (χ3v) is 8.32. The Balaban J connectivity index is 1.19. The number of nitrogens with zero attached hydrogens (tertiary/aromatic N) is 5. The first-order valence-corrected chi connectivity index (χ1v) is 15.3. The highest BCUT2D eigenvalue weighted by Crippen LogP contribution is 2.33. The Morgan fingerprint density at radius 1 is 0.979 bits per heavy atom. The molecule has 3 aromatic carbocycles. The van der Waals surface area contributed by atoms with Crippen LogP contribution in [-0.4, -0.2) is 71.3 Å². The van der Waals surface area contributed by atoms with Gasteiger partial charge in [-0.25, -0.2) is 4.98 Å². The first-order valence-electron chi connectivity index (χ1n) is 15.3. The summed E-state index contributed by atoms with van der Waals surface area (Å²) in [7, 11) is 1.60. The lowest BCUT2D eigenvalue weighted by atomic mass is 10.2. The molecule has 11 nitrogen and oxygen atoms in total. The maximum absolute atomic E-state index is 13.8. The highest BCUT2D eigenvalue weighted by Gasteiger charge is 2.19. The molecule has 4 heterocycles. The van der Waals surface area contributed by atoms with Gasteiger partial charge in [0.15, 0.2) is 12.4 Å². The van der Waals surface area contributed by atoms with Crippen LogP contribution in [-0.2, 0) is 9.53 Å². The predicted molar refractivity (Wildman–Crippen MR) is 179 cm³/mol. The van der Waals surface area contributed by atoms with Crippen LogP contribution >= 0.6 is 0 Å². The van der Waals surface area contributed by atoms with Crippen molar-refractivity contribution >= 4 is 34.0 Å². The molecule has 0 atom stereocenters. The zero-order chi connectivity index (χ0) is 32.5. The number of amides is 1. The number of aromatic nitrogens is 3. The number of hydrogen-bond donors (Lipinski definition) is 0. The van der Waals surface area contributed by atoms with E-state index in [2.05, 4.69) is 9.67 Å². The van der Waals surface area contributed by atoms with Crippen molar-refractivity contribution in [3.05, 3.63) is 106 Å². The molecule has 47 heavy (non-hydrogen) atoms. The number of hydrogen-bond acceptors (Lipinski definition) is 8. The van der Waals surface area contributed by atoms with Gasteiger partial charge in [-0.2, -0.15) is 9.78 Å². The van der Waals surface area contributed by atoms with Crippen molar-refractivity contribution in [2.75, 3.05) is 40.0 Å². The lowest BCUT2D eigenvalue weighted by molar-refractivity contribution is -0.137. The number of fused-ring (bicyclic) bond motifs is 2. The largest absolute Gasteiger partial charge is 0.496 e. The molecule has 1 fully saturated rings. The fourth-order valence-corrected chi connectivity index (χ4v) is 5.89. The SMILES string of the molecule is COc1cccc2oc(-c3nc4ccccc4c(=O)n3N=Cc3cc(C)n(-c4ccc(OCC(=O)N5CCOCC5)cc4)c3C)cc12. The van der Waals surface area contributed by atoms with Gasteiger partial charge in [-0.1, -0.05) is 18.2 Å². The molecule has 7 rings (SSSR count). The molecule has 1 amide bonds. The van der Waals surface area contributed by atoms with Crippen LogP contribution in [0.4, 0.5) is 0 Å². The maximum Gasteiger partial charge on any atom is 0.282 e. The second-order valence-electron chi connectivity index (χ2n) is 11.2. The van der Waals surface area contributed by atoms with Gasteiger partial charge in [-0.05, 0) is 74.5 Å². The molecule has 0 radical (unpaired) electrons. The van der Waals surface area contributed by atoms with E-state index in [1.54, 1.807) is 36.4 Å². The van der Waals surface area contributed by atoms with E-state index in [-0.39, 0.29) is 23.9 Å². The molecular formula is C36H33N5O6. The van der Waals surface area contributed by atoms with Crippen LogP contribution in [0.1, 0.15) is 17.0 Å². The summed E-state index contributed by atoms with van der Waals surface area (Å²) in [5, 5.41) is 5.88. The minimum Gasteiger partial charge on any atom is -0.496 e. The standard InChI is InChI=1S/C36H33N5O6/c1-23-19-25(24(2)40(23)26-11-13-27(14-12-26)46-22-34(42)39-15-17-45-18-16-39)21-37-41-35(38-30-8-5-4-7-28(30)36(41)43)33-20-29-31(44-3)9-6-10-32(29)47-33/h4-14,19-21H,15-18,22H2,1-3H3. The number of furan rings is 1. The van der Waals surface area contributed by atoms with Gasteiger partial charge in [-0.3, -0.25) is 9.59 Å². The minimum atomic E-state index is -0.314. The van der Waals surface area contributed by atoms with Gasteiger partial charge < -0.3 is 28.1 Å². The van der Waals surface area contributed by atoms with Gasteiger partial charge in [0.1, 0.15) is 17.1 Å². The Morgan fingerprint density at radius 2 is 1.77 bits per heavy atom. The second kappa shape index (κ2) is 12.6. The molecule has 0 spiro atoms. The number of benzene rings is 3. The monoisotopic (exact) mass is 631 g/mol. The van der Waals surface area contributed by atoms with Crippen LogP contribution < -0.4 is 15.0 Å². The van der Waals surface area contributed by atoms with E-state index in [4.69, 9.17) is 23.6 Å².